The van der Waals surface area contributed by atoms with Crippen LogP contribution >= 0.6 is 11.3 Å². The third-order valence-corrected chi connectivity index (χ3v) is 9.71. The first-order valence-corrected chi connectivity index (χ1v) is 13.1. The molecule has 0 unspecified atom stereocenters. The molecule has 0 bridgehead atoms. The minimum Gasteiger partial charge on any atom is -0.342 e. The highest BCUT2D eigenvalue weighted by Gasteiger charge is 2.30. The van der Waals surface area contributed by atoms with Gasteiger partial charge in [0.2, 0.25) is 5.91 Å². The van der Waals surface area contributed by atoms with Crippen molar-refractivity contribution in [2.24, 2.45) is 0 Å². The standard InChI is InChI=1S/C22H26N4O3S2/c27-20(15-17-7-8-21(30-17)31(28,29)26-11-3-4-12-26)25-13-9-16(10-14-25)22-23-18-5-1-2-6-19(18)24-22/h1-2,5-8,16H,3-4,9-15H2,(H,23,24). The smallest absolute Gasteiger partial charge is 0.252 e. The normalized spacial score (nSPS) is 18.8. The molecule has 0 radical (unpaired) electrons. The Bertz CT molecular complexity index is 1150. The molecule has 1 amide bonds. The van der Waals surface area contributed by atoms with Crippen molar-refractivity contribution in [2.75, 3.05) is 26.2 Å². The number of hydrogen-bond acceptors (Lipinski definition) is 5. The topological polar surface area (TPSA) is 86.4 Å². The molecule has 3 aromatic rings. The van der Waals surface area contributed by atoms with Gasteiger partial charge in [0.25, 0.3) is 10.0 Å². The van der Waals surface area contributed by atoms with Gasteiger partial charge in [-0.15, -0.1) is 11.3 Å². The largest absolute Gasteiger partial charge is 0.342 e. The minimum atomic E-state index is -3.41. The number of amides is 1. The number of imidazole rings is 1. The van der Waals surface area contributed by atoms with E-state index in [-0.39, 0.29) is 12.3 Å². The number of H-pyrrole nitrogens is 1. The summed E-state index contributed by atoms with van der Waals surface area (Å²) in [5, 5.41) is 0. The second-order valence-corrected chi connectivity index (χ2v) is 11.6. The summed E-state index contributed by atoms with van der Waals surface area (Å²) in [4.78, 5) is 23.6. The zero-order valence-corrected chi connectivity index (χ0v) is 18.9. The van der Waals surface area contributed by atoms with Gasteiger partial charge in [-0.05, 0) is 49.9 Å². The monoisotopic (exact) mass is 458 g/mol. The molecule has 7 nitrogen and oxygen atoms in total. The van der Waals surface area contributed by atoms with E-state index in [1.165, 1.54) is 11.3 Å². The van der Waals surface area contributed by atoms with Crippen molar-refractivity contribution in [3.05, 3.63) is 47.1 Å². The van der Waals surface area contributed by atoms with E-state index in [2.05, 4.69) is 4.98 Å². The molecule has 2 aliphatic heterocycles. The van der Waals surface area contributed by atoms with Crippen LogP contribution in [0.5, 0.6) is 0 Å². The molecule has 5 rings (SSSR count). The molecule has 4 heterocycles. The van der Waals surface area contributed by atoms with E-state index in [9.17, 15) is 13.2 Å². The van der Waals surface area contributed by atoms with E-state index in [0.717, 1.165) is 47.4 Å². The Morgan fingerprint density at radius 3 is 2.55 bits per heavy atom. The lowest BCUT2D eigenvalue weighted by Crippen LogP contribution is -2.38. The number of nitrogens with one attached hydrogen (secondary N) is 1. The lowest BCUT2D eigenvalue weighted by molar-refractivity contribution is -0.131. The number of carbonyl (C=O) groups excluding carboxylic acids is 1. The van der Waals surface area contributed by atoms with Crippen LogP contribution in [0.15, 0.2) is 40.6 Å². The van der Waals surface area contributed by atoms with Crippen LogP contribution in [0, 0.1) is 0 Å². The molecule has 0 aliphatic carbocycles. The minimum absolute atomic E-state index is 0.0648. The summed E-state index contributed by atoms with van der Waals surface area (Å²) in [6.45, 7) is 2.58. The van der Waals surface area contributed by atoms with Gasteiger partial charge in [-0.2, -0.15) is 4.31 Å². The molecule has 0 spiro atoms. The number of aromatic nitrogens is 2. The number of hydrogen-bond donors (Lipinski definition) is 1. The van der Waals surface area contributed by atoms with E-state index >= 15 is 0 Å². The van der Waals surface area contributed by atoms with Crippen LogP contribution in [-0.4, -0.2) is 59.7 Å². The van der Waals surface area contributed by atoms with Gasteiger partial charge in [0.15, 0.2) is 0 Å². The molecular formula is C22H26N4O3S2. The van der Waals surface area contributed by atoms with E-state index in [4.69, 9.17) is 4.98 Å². The van der Waals surface area contributed by atoms with Crippen LogP contribution in [0.25, 0.3) is 11.0 Å². The quantitative estimate of drug-likeness (QED) is 0.635. The second kappa shape index (κ2) is 8.37. The average Bonchev–Trinajstić information content (AvgIpc) is 3.54. The Morgan fingerprint density at radius 2 is 1.81 bits per heavy atom. The molecular weight excluding hydrogens is 432 g/mol. The van der Waals surface area contributed by atoms with Crippen molar-refractivity contribution >= 4 is 38.3 Å². The first kappa shape index (κ1) is 20.7. The fraction of sp³-hybridized carbons (Fsp3) is 0.455. The molecule has 0 saturated carbocycles. The number of para-hydroxylation sites is 2. The van der Waals surface area contributed by atoms with Gasteiger partial charge < -0.3 is 9.88 Å². The van der Waals surface area contributed by atoms with Gasteiger partial charge in [0.05, 0.1) is 17.5 Å². The van der Waals surface area contributed by atoms with E-state index in [1.54, 1.807) is 16.4 Å². The summed E-state index contributed by atoms with van der Waals surface area (Å²) < 4.78 is 27.3. The van der Waals surface area contributed by atoms with Crippen molar-refractivity contribution < 1.29 is 13.2 Å². The number of thiophene rings is 1. The maximum atomic E-state index is 12.8. The molecule has 31 heavy (non-hydrogen) atoms. The molecule has 2 fully saturated rings. The highest BCUT2D eigenvalue weighted by Crippen LogP contribution is 2.30. The number of fused-ring (bicyclic) bond motifs is 1. The molecule has 164 valence electrons. The number of aromatic amines is 1. The van der Waals surface area contributed by atoms with E-state index < -0.39 is 10.0 Å². The maximum Gasteiger partial charge on any atom is 0.252 e. The number of rotatable bonds is 5. The van der Waals surface area contributed by atoms with Gasteiger partial charge in [0, 0.05) is 37.0 Å². The molecule has 0 atom stereocenters. The highest BCUT2D eigenvalue weighted by atomic mass is 32.2. The van der Waals surface area contributed by atoms with E-state index in [0.29, 0.717) is 36.3 Å². The van der Waals surface area contributed by atoms with Crippen LogP contribution in [0.1, 0.15) is 42.3 Å². The van der Waals surface area contributed by atoms with Crippen LogP contribution < -0.4 is 0 Å². The Labute approximate surface area is 186 Å². The van der Waals surface area contributed by atoms with Crippen molar-refractivity contribution in [3.63, 3.8) is 0 Å². The van der Waals surface area contributed by atoms with Crippen molar-refractivity contribution in [1.82, 2.24) is 19.2 Å². The van der Waals surface area contributed by atoms with Crippen molar-refractivity contribution in [3.8, 4) is 0 Å². The Balaban J connectivity index is 1.19. The first-order chi connectivity index (χ1) is 15.0. The molecule has 2 saturated heterocycles. The zero-order valence-electron chi connectivity index (χ0n) is 17.3. The maximum absolute atomic E-state index is 12.8. The summed E-state index contributed by atoms with van der Waals surface area (Å²) in [7, 11) is -3.41. The Kier molecular flexibility index (Phi) is 5.58. The lowest BCUT2D eigenvalue weighted by atomic mass is 9.96. The molecule has 9 heteroatoms. The van der Waals surface area contributed by atoms with Gasteiger partial charge in [-0.3, -0.25) is 4.79 Å². The van der Waals surface area contributed by atoms with Crippen LogP contribution in [-0.2, 0) is 21.2 Å². The Morgan fingerprint density at radius 1 is 1.06 bits per heavy atom. The molecule has 1 aromatic carbocycles. The summed E-state index contributed by atoms with van der Waals surface area (Å²) in [5.41, 5.74) is 2.03. The van der Waals surface area contributed by atoms with Crippen LogP contribution in [0.4, 0.5) is 0 Å². The third kappa shape index (κ3) is 4.14. The number of carbonyl (C=O) groups is 1. The highest BCUT2D eigenvalue weighted by molar-refractivity contribution is 7.91. The van der Waals surface area contributed by atoms with E-state index in [1.807, 2.05) is 29.2 Å². The summed E-state index contributed by atoms with van der Waals surface area (Å²) in [6.07, 6.45) is 3.85. The summed E-state index contributed by atoms with van der Waals surface area (Å²) >= 11 is 1.23. The molecule has 2 aromatic heterocycles. The number of likely N-dealkylation sites (tertiary alicyclic amines) is 1. The van der Waals surface area contributed by atoms with Crippen LogP contribution in [0.2, 0.25) is 0 Å². The number of sulfonamides is 1. The zero-order chi connectivity index (χ0) is 21.4. The molecule has 1 N–H and O–H groups in total. The lowest BCUT2D eigenvalue weighted by Gasteiger charge is -2.31. The van der Waals surface area contributed by atoms with Crippen molar-refractivity contribution in [2.45, 2.75) is 42.2 Å². The SMILES string of the molecule is O=C(Cc1ccc(S(=O)(=O)N2CCCC2)s1)N1CCC(c2nc3ccccc3[nH]2)CC1. The average molecular weight is 459 g/mol. The van der Waals surface area contributed by atoms with Crippen molar-refractivity contribution in [1.29, 1.82) is 0 Å². The predicted octanol–water partition coefficient (Wildman–Crippen LogP) is 3.36. The number of piperidine rings is 1. The summed E-state index contributed by atoms with van der Waals surface area (Å²) in [6, 6.07) is 11.5. The summed E-state index contributed by atoms with van der Waals surface area (Å²) in [5.74, 6) is 1.40. The predicted molar refractivity (Wildman–Crippen MR) is 121 cm³/mol. The van der Waals surface area contributed by atoms with Gasteiger partial charge in [0.1, 0.15) is 10.0 Å². The fourth-order valence-electron chi connectivity index (χ4n) is 4.48. The Hall–Kier alpha value is -2.23. The second-order valence-electron chi connectivity index (χ2n) is 8.30. The van der Waals surface area contributed by atoms with Gasteiger partial charge >= 0.3 is 0 Å². The third-order valence-electron chi connectivity index (χ3n) is 6.26. The van der Waals surface area contributed by atoms with Gasteiger partial charge in [-0.1, -0.05) is 12.1 Å². The van der Waals surface area contributed by atoms with Gasteiger partial charge in [-0.25, -0.2) is 13.4 Å². The number of benzene rings is 1. The fourth-order valence-corrected chi connectivity index (χ4v) is 7.49. The number of nitrogens with zero attached hydrogens (tertiary/aromatic N) is 3. The van der Waals surface area contributed by atoms with Crippen LogP contribution in [0.3, 0.4) is 0 Å². The molecule has 2 aliphatic rings. The first-order valence-electron chi connectivity index (χ1n) is 10.8.